The molecule has 3 aliphatic rings. The van der Waals surface area contributed by atoms with Gasteiger partial charge in [-0.05, 0) is 31.4 Å². The van der Waals surface area contributed by atoms with Crippen LogP contribution >= 0.6 is 23.1 Å². The molecule has 9 heteroatoms. The van der Waals surface area contributed by atoms with Crippen molar-refractivity contribution in [2.45, 2.75) is 37.6 Å². The molecular formula is C24H27N3O4S2. The second-order valence-electron chi connectivity index (χ2n) is 8.79. The largest absolute Gasteiger partial charge is 0.378 e. The molecule has 7 nitrogen and oxygen atoms in total. The highest BCUT2D eigenvalue weighted by Crippen LogP contribution is 2.48. The van der Waals surface area contributed by atoms with Crippen LogP contribution in [0.4, 0.5) is 5.00 Å². The number of carbonyl (C=O) groups is 3. The first-order valence-electron chi connectivity index (χ1n) is 11.2. The van der Waals surface area contributed by atoms with Crippen molar-refractivity contribution in [2.75, 3.05) is 37.4 Å². The van der Waals surface area contributed by atoms with E-state index in [1.54, 1.807) is 21.6 Å². The Kier molecular flexibility index (Phi) is 5.96. The average Bonchev–Trinajstić information content (AvgIpc) is 3.45. The molecule has 33 heavy (non-hydrogen) atoms. The molecule has 2 unspecified atom stereocenters. The molecule has 4 heterocycles. The van der Waals surface area contributed by atoms with Crippen LogP contribution in [0.3, 0.4) is 0 Å². The fraction of sp³-hybridized carbons (Fsp3) is 0.458. The number of hydrogen-bond acceptors (Lipinski definition) is 6. The number of benzene rings is 1. The van der Waals surface area contributed by atoms with Crippen molar-refractivity contribution < 1.29 is 19.1 Å². The van der Waals surface area contributed by atoms with Crippen molar-refractivity contribution >= 4 is 45.8 Å². The number of ether oxygens (including phenoxy) is 1. The van der Waals surface area contributed by atoms with Gasteiger partial charge in [-0.2, -0.15) is 0 Å². The number of fused-ring (bicyclic) bond motifs is 1. The van der Waals surface area contributed by atoms with Crippen molar-refractivity contribution in [1.82, 2.24) is 9.80 Å². The second-order valence-corrected chi connectivity index (χ2v) is 11.3. The monoisotopic (exact) mass is 485 g/mol. The van der Waals surface area contributed by atoms with Crippen LogP contribution in [0.5, 0.6) is 0 Å². The molecule has 0 aliphatic carbocycles. The average molecular weight is 486 g/mol. The third-order valence-electron chi connectivity index (χ3n) is 6.68. The van der Waals surface area contributed by atoms with E-state index in [2.05, 4.69) is 5.32 Å². The summed E-state index contributed by atoms with van der Waals surface area (Å²) in [6.07, 6.45) is 1.24. The number of morpholine rings is 1. The van der Waals surface area contributed by atoms with E-state index in [0.717, 1.165) is 22.4 Å². The van der Waals surface area contributed by atoms with E-state index in [1.807, 2.05) is 44.2 Å². The van der Waals surface area contributed by atoms with Gasteiger partial charge < -0.3 is 19.9 Å². The van der Waals surface area contributed by atoms with Gasteiger partial charge in [0.15, 0.2) is 0 Å². The van der Waals surface area contributed by atoms with Gasteiger partial charge in [0, 0.05) is 30.1 Å². The van der Waals surface area contributed by atoms with E-state index < -0.39 is 6.04 Å². The Hall–Kier alpha value is -2.36. The molecular weight excluding hydrogens is 458 g/mol. The van der Waals surface area contributed by atoms with E-state index >= 15 is 0 Å². The summed E-state index contributed by atoms with van der Waals surface area (Å²) in [6, 6.07) is 9.38. The first-order chi connectivity index (χ1) is 15.9. The highest BCUT2D eigenvalue weighted by Gasteiger charge is 2.53. The van der Waals surface area contributed by atoms with Crippen LogP contribution in [0.1, 0.15) is 35.7 Å². The van der Waals surface area contributed by atoms with Crippen molar-refractivity contribution in [3.05, 3.63) is 41.5 Å². The summed E-state index contributed by atoms with van der Waals surface area (Å²) < 4.78 is 5.41. The molecule has 3 aliphatic heterocycles. The number of hydrogen-bond donors (Lipinski definition) is 1. The summed E-state index contributed by atoms with van der Waals surface area (Å²) in [5.74, 6) is 0.280. The molecule has 174 valence electrons. The first kappa shape index (κ1) is 22.4. The molecule has 3 fully saturated rings. The van der Waals surface area contributed by atoms with Gasteiger partial charge in [0.2, 0.25) is 11.8 Å². The Balaban J connectivity index is 1.49. The van der Waals surface area contributed by atoms with Gasteiger partial charge in [-0.15, -0.1) is 23.1 Å². The number of rotatable bonds is 4. The lowest BCUT2D eigenvalue weighted by molar-refractivity contribution is -0.135. The summed E-state index contributed by atoms with van der Waals surface area (Å²) in [5, 5.41) is 3.60. The highest BCUT2D eigenvalue weighted by atomic mass is 32.2. The molecule has 0 bridgehead atoms. The summed E-state index contributed by atoms with van der Waals surface area (Å²) in [5.41, 5.74) is 2.41. The topological polar surface area (TPSA) is 79.0 Å². The van der Waals surface area contributed by atoms with Crippen LogP contribution in [0, 0.1) is 6.92 Å². The zero-order valence-corrected chi connectivity index (χ0v) is 20.4. The molecule has 0 saturated carbocycles. The zero-order chi connectivity index (χ0) is 23.2. The molecule has 5 rings (SSSR count). The Labute approximate surface area is 201 Å². The summed E-state index contributed by atoms with van der Waals surface area (Å²) in [6.45, 7) is 6.05. The zero-order valence-electron chi connectivity index (χ0n) is 18.8. The van der Waals surface area contributed by atoms with Crippen LogP contribution in [-0.4, -0.2) is 70.5 Å². The Morgan fingerprint density at radius 2 is 1.91 bits per heavy atom. The van der Waals surface area contributed by atoms with Crippen LogP contribution in [-0.2, 0) is 14.3 Å². The van der Waals surface area contributed by atoms with Gasteiger partial charge >= 0.3 is 0 Å². The standard InChI is InChI=1S/C24H27N3O4S2/c1-15-19(23(30)26-10-12-31-13-11-26)22(33-20(15)16-6-4-3-5-7-16)25-21(29)17-14-32-24(2)9-8-18(28)27(17)24/h3-7,17H,8-14H2,1-2H3,(H,25,29). The number of thioether (sulfide) groups is 1. The second kappa shape index (κ2) is 8.77. The smallest absolute Gasteiger partial charge is 0.257 e. The minimum atomic E-state index is -0.524. The lowest BCUT2D eigenvalue weighted by Crippen LogP contribution is -2.48. The molecule has 3 saturated heterocycles. The first-order valence-corrected chi connectivity index (χ1v) is 13.0. The van der Waals surface area contributed by atoms with Gasteiger partial charge in [0.05, 0.1) is 23.6 Å². The minimum Gasteiger partial charge on any atom is -0.378 e. The molecule has 1 N–H and O–H groups in total. The quantitative estimate of drug-likeness (QED) is 0.716. The Morgan fingerprint density at radius 1 is 1.18 bits per heavy atom. The fourth-order valence-electron chi connectivity index (χ4n) is 4.86. The maximum atomic E-state index is 13.5. The third-order valence-corrected chi connectivity index (χ3v) is 9.44. The third kappa shape index (κ3) is 3.96. The molecule has 3 amide bonds. The van der Waals surface area contributed by atoms with Crippen molar-refractivity contribution in [3.8, 4) is 10.4 Å². The number of carbonyl (C=O) groups excluding carboxylic acids is 3. The van der Waals surface area contributed by atoms with E-state index in [4.69, 9.17) is 4.74 Å². The maximum Gasteiger partial charge on any atom is 0.257 e. The van der Waals surface area contributed by atoms with E-state index in [0.29, 0.717) is 49.0 Å². The number of thiophene rings is 1. The van der Waals surface area contributed by atoms with Crippen molar-refractivity contribution in [1.29, 1.82) is 0 Å². The minimum absolute atomic E-state index is 0.0274. The van der Waals surface area contributed by atoms with Crippen molar-refractivity contribution in [3.63, 3.8) is 0 Å². The van der Waals surface area contributed by atoms with E-state index in [-0.39, 0.29) is 22.6 Å². The lowest BCUT2D eigenvalue weighted by Gasteiger charge is -2.30. The summed E-state index contributed by atoms with van der Waals surface area (Å²) in [4.78, 5) is 43.6. The Morgan fingerprint density at radius 3 is 2.64 bits per heavy atom. The molecule has 0 radical (unpaired) electrons. The number of nitrogens with one attached hydrogen (secondary N) is 1. The van der Waals surface area contributed by atoms with Gasteiger partial charge in [0.1, 0.15) is 11.0 Å². The maximum absolute atomic E-state index is 13.5. The number of amides is 3. The van der Waals surface area contributed by atoms with Gasteiger partial charge in [0.25, 0.3) is 5.91 Å². The molecule has 1 aromatic heterocycles. The molecule has 2 aromatic rings. The van der Waals surface area contributed by atoms with Gasteiger partial charge in [-0.3, -0.25) is 14.4 Å². The van der Waals surface area contributed by atoms with Crippen LogP contribution in [0.2, 0.25) is 0 Å². The van der Waals surface area contributed by atoms with E-state index in [9.17, 15) is 14.4 Å². The molecule has 1 aromatic carbocycles. The van der Waals surface area contributed by atoms with Gasteiger partial charge in [-0.1, -0.05) is 30.3 Å². The van der Waals surface area contributed by atoms with Gasteiger partial charge in [-0.25, -0.2) is 0 Å². The van der Waals surface area contributed by atoms with Crippen LogP contribution < -0.4 is 5.32 Å². The molecule has 0 spiro atoms. The van der Waals surface area contributed by atoms with E-state index in [1.165, 1.54) is 11.3 Å². The van der Waals surface area contributed by atoms with Crippen LogP contribution in [0.15, 0.2) is 30.3 Å². The summed E-state index contributed by atoms with van der Waals surface area (Å²) >= 11 is 3.09. The van der Waals surface area contributed by atoms with Crippen molar-refractivity contribution in [2.24, 2.45) is 0 Å². The number of nitrogens with zero attached hydrogens (tertiary/aromatic N) is 2. The predicted molar refractivity (Wildman–Crippen MR) is 131 cm³/mol. The SMILES string of the molecule is Cc1c(-c2ccccc2)sc(NC(=O)C2CSC3(C)CCC(=O)N23)c1C(=O)N1CCOCC1. The fourth-order valence-corrected chi connectivity index (χ4v) is 7.50. The normalized spacial score (nSPS) is 24.8. The highest BCUT2D eigenvalue weighted by molar-refractivity contribution is 8.01. The molecule has 2 atom stereocenters. The lowest BCUT2D eigenvalue weighted by atomic mass is 10.1. The van der Waals surface area contributed by atoms with Crippen LogP contribution in [0.25, 0.3) is 10.4 Å². The predicted octanol–water partition coefficient (Wildman–Crippen LogP) is 3.59. The summed E-state index contributed by atoms with van der Waals surface area (Å²) in [7, 11) is 0. The number of anilines is 1. The Bertz CT molecular complexity index is 1100.